The maximum Gasteiger partial charge on any atom is 0.275 e. The Morgan fingerprint density at radius 3 is 2.59 bits per heavy atom. The van der Waals surface area contributed by atoms with Crippen LogP contribution in [0.3, 0.4) is 0 Å². The molecule has 0 saturated carbocycles. The number of nitrogens with zero attached hydrogens (tertiary/aromatic N) is 3. The van der Waals surface area contributed by atoms with E-state index in [1.165, 1.54) is 4.31 Å². The summed E-state index contributed by atoms with van der Waals surface area (Å²) in [5.41, 5.74) is 1.29. The fourth-order valence-corrected chi connectivity index (χ4v) is 4.24. The first kappa shape index (κ1) is 17.7. The van der Waals surface area contributed by atoms with Gasteiger partial charge in [0.25, 0.3) is 10.3 Å². The molecular formula is C15H23ClFN3OS. The van der Waals surface area contributed by atoms with E-state index >= 15 is 0 Å². The summed E-state index contributed by atoms with van der Waals surface area (Å²) in [5, 5.41) is 0.528. The van der Waals surface area contributed by atoms with Crippen LogP contribution in [0.2, 0.25) is 5.02 Å². The molecule has 1 fully saturated rings. The average molecular weight is 348 g/mol. The quantitative estimate of drug-likeness (QED) is 0.758. The Morgan fingerprint density at radius 2 is 2.09 bits per heavy atom. The topological polar surface area (TPSA) is 35.9 Å². The number of hydrogen-bond acceptors (Lipinski definition) is 3. The van der Waals surface area contributed by atoms with Crippen molar-refractivity contribution < 1.29 is 8.09 Å². The van der Waals surface area contributed by atoms with E-state index in [1.807, 2.05) is 38.9 Å². The fourth-order valence-electron chi connectivity index (χ4n) is 2.57. The minimum atomic E-state index is -3.86. The van der Waals surface area contributed by atoms with Gasteiger partial charge in [0, 0.05) is 24.7 Å². The third-order valence-corrected chi connectivity index (χ3v) is 5.39. The van der Waals surface area contributed by atoms with E-state index in [0.717, 1.165) is 12.1 Å². The number of benzene rings is 1. The van der Waals surface area contributed by atoms with Gasteiger partial charge in [0.05, 0.1) is 5.69 Å². The minimum absolute atomic E-state index is 0.276. The summed E-state index contributed by atoms with van der Waals surface area (Å²) in [7, 11) is 0.0766. The molecule has 0 N–H and O–H groups in total. The van der Waals surface area contributed by atoms with Gasteiger partial charge in [-0.05, 0) is 43.6 Å². The van der Waals surface area contributed by atoms with Crippen molar-refractivity contribution >= 4 is 27.6 Å². The smallest absolute Gasteiger partial charge is 0.275 e. The maximum atomic E-state index is 14.4. The van der Waals surface area contributed by atoms with Gasteiger partial charge in [-0.2, -0.15) is 12.9 Å². The van der Waals surface area contributed by atoms with Gasteiger partial charge in [-0.15, -0.1) is 3.89 Å². The van der Waals surface area contributed by atoms with Crippen molar-refractivity contribution in [3.63, 3.8) is 0 Å². The average Bonchev–Trinajstić information content (AvgIpc) is 2.31. The van der Waals surface area contributed by atoms with E-state index in [9.17, 15) is 8.09 Å². The largest absolute Gasteiger partial charge is 0.309 e. The van der Waals surface area contributed by atoms with Crippen LogP contribution in [-0.2, 0) is 10.3 Å². The van der Waals surface area contributed by atoms with Gasteiger partial charge in [0.1, 0.15) is 0 Å². The van der Waals surface area contributed by atoms with Crippen LogP contribution in [0.5, 0.6) is 0 Å². The zero-order chi connectivity index (χ0) is 16.5. The molecule has 1 saturated heterocycles. The number of hydrogen-bond donors (Lipinski definition) is 0. The molecule has 0 radical (unpaired) electrons. The molecule has 124 valence electrons. The van der Waals surface area contributed by atoms with Gasteiger partial charge >= 0.3 is 0 Å². The molecule has 1 aromatic rings. The van der Waals surface area contributed by atoms with Gasteiger partial charge in [-0.3, -0.25) is 0 Å². The van der Waals surface area contributed by atoms with E-state index in [4.69, 9.17) is 11.6 Å². The van der Waals surface area contributed by atoms with Crippen LogP contribution in [0.4, 0.5) is 9.57 Å². The van der Waals surface area contributed by atoms with Crippen LogP contribution in [0.25, 0.3) is 0 Å². The first-order valence-corrected chi connectivity index (χ1v) is 9.10. The van der Waals surface area contributed by atoms with E-state index in [0.29, 0.717) is 29.7 Å². The van der Waals surface area contributed by atoms with Gasteiger partial charge in [-0.25, -0.2) is 0 Å². The lowest BCUT2D eigenvalue weighted by Crippen LogP contribution is -2.51. The van der Waals surface area contributed by atoms with Crippen molar-refractivity contribution in [3.8, 4) is 0 Å². The third-order valence-electron chi connectivity index (χ3n) is 3.69. The molecule has 4 nitrogen and oxygen atoms in total. The molecule has 1 aromatic carbocycles. The molecule has 7 heteroatoms. The normalized spacial score (nSPS) is 19.3. The maximum absolute atomic E-state index is 14.4. The van der Waals surface area contributed by atoms with Crippen LogP contribution in [0, 0.1) is 5.92 Å². The molecule has 2 rings (SSSR count). The highest BCUT2D eigenvalue weighted by Crippen LogP contribution is 2.31. The number of rotatable bonds is 5. The fraction of sp³-hybridized carbons (Fsp3) is 0.600. The molecule has 1 aliphatic rings. The molecule has 1 heterocycles. The minimum Gasteiger partial charge on any atom is -0.309 e. The Hall–Kier alpha value is -0.690. The Kier molecular flexibility index (Phi) is 5.48. The zero-order valence-electron chi connectivity index (χ0n) is 13.4. The molecule has 0 amide bonds. The molecule has 1 unspecified atom stereocenters. The van der Waals surface area contributed by atoms with E-state index < -0.39 is 10.3 Å². The highest BCUT2D eigenvalue weighted by Gasteiger charge is 2.34. The van der Waals surface area contributed by atoms with E-state index in [1.54, 1.807) is 12.1 Å². The second-order valence-corrected chi connectivity index (χ2v) is 8.33. The predicted molar refractivity (Wildman–Crippen MR) is 90.5 cm³/mol. The van der Waals surface area contributed by atoms with Crippen LogP contribution in [0.1, 0.15) is 25.3 Å². The summed E-state index contributed by atoms with van der Waals surface area (Å²) >= 11 is 6.17. The predicted octanol–water partition coefficient (Wildman–Crippen LogP) is 3.86. The van der Waals surface area contributed by atoms with Crippen molar-refractivity contribution in [3.05, 3.63) is 28.8 Å². The Bertz CT molecular complexity index is 650. The summed E-state index contributed by atoms with van der Waals surface area (Å²) in [6.45, 7) is 5.85. The van der Waals surface area contributed by atoms with E-state index in [-0.39, 0.29) is 5.92 Å². The van der Waals surface area contributed by atoms with Crippen molar-refractivity contribution in [2.24, 2.45) is 10.3 Å². The first-order chi connectivity index (χ1) is 10.2. The van der Waals surface area contributed by atoms with Gasteiger partial charge in [-0.1, -0.05) is 31.5 Å². The molecule has 1 aliphatic heterocycles. The number of halogens is 2. The zero-order valence-corrected chi connectivity index (χ0v) is 15.0. The van der Waals surface area contributed by atoms with Crippen molar-refractivity contribution in [2.45, 2.75) is 19.8 Å². The molecule has 0 spiro atoms. The van der Waals surface area contributed by atoms with E-state index in [2.05, 4.69) is 4.36 Å². The Morgan fingerprint density at radius 1 is 1.45 bits per heavy atom. The molecule has 0 bridgehead atoms. The second-order valence-electron chi connectivity index (χ2n) is 6.36. The van der Waals surface area contributed by atoms with Crippen LogP contribution < -0.4 is 0 Å². The second kappa shape index (κ2) is 6.83. The van der Waals surface area contributed by atoms with Crippen molar-refractivity contribution in [1.29, 1.82) is 0 Å². The lowest BCUT2D eigenvalue weighted by Gasteiger charge is -2.38. The lowest BCUT2D eigenvalue weighted by molar-refractivity contribution is 0.160. The van der Waals surface area contributed by atoms with Crippen LogP contribution in [-0.4, -0.2) is 47.1 Å². The SMILES string of the molecule is CC(C)c1ccc(N=S(=O)(F)N2CC(CN(C)C)C2)cc1Cl. The molecular weight excluding hydrogens is 325 g/mol. The monoisotopic (exact) mass is 347 g/mol. The van der Waals surface area contributed by atoms with Gasteiger partial charge < -0.3 is 4.90 Å². The summed E-state index contributed by atoms with van der Waals surface area (Å²) in [5.74, 6) is 0.618. The molecule has 0 aromatic heterocycles. The lowest BCUT2D eigenvalue weighted by atomic mass is 10.0. The van der Waals surface area contributed by atoms with Gasteiger partial charge in [0.15, 0.2) is 0 Å². The Balaban J connectivity index is 2.12. The van der Waals surface area contributed by atoms with Gasteiger partial charge in [0.2, 0.25) is 0 Å². The van der Waals surface area contributed by atoms with Crippen molar-refractivity contribution in [1.82, 2.24) is 9.21 Å². The highest BCUT2D eigenvalue weighted by molar-refractivity contribution is 7.86. The molecule has 1 atom stereocenters. The van der Waals surface area contributed by atoms with Crippen molar-refractivity contribution in [2.75, 3.05) is 33.7 Å². The van der Waals surface area contributed by atoms with Crippen LogP contribution in [0.15, 0.2) is 22.6 Å². The summed E-state index contributed by atoms with van der Waals surface area (Å²) in [4.78, 5) is 2.05. The van der Waals surface area contributed by atoms with Crippen LogP contribution >= 0.6 is 11.6 Å². The first-order valence-electron chi connectivity index (χ1n) is 7.35. The standard InChI is InChI=1S/C15H23ClFN3OS/c1-11(2)14-6-5-13(7-15(14)16)18-22(17,21)20-9-12(10-20)8-19(3)4/h5-7,11-12H,8-10H2,1-4H3. The summed E-state index contributed by atoms with van der Waals surface area (Å²) in [6, 6.07) is 5.05. The highest BCUT2D eigenvalue weighted by atomic mass is 35.5. The summed E-state index contributed by atoms with van der Waals surface area (Å²) in [6.07, 6.45) is 0. The summed E-state index contributed by atoms with van der Waals surface area (Å²) < 4.78 is 31.6. The molecule has 0 aliphatic carbocycles. The Labute approximate surface area is 137 Å². The third kappa shape index (κ3) is 4.19. The molecule has 22 heavy (non-hydrogen) atoms.